The lowest BCUT2D eigenvalue weighted by Gasteiger charge is -2.20. The predicted octanol–water partition coefficient (Wildman–Crippen LogP) is 5.92. The molecule has 0 unspecified atom stereocenters. The van der Waals surface area contributed by atoms with Crippen LogP contribution in [0.4, 0.5) is 22.0 Å². The summed E-state index contributed by atoms with van der Waals surface area (Å²) in [7, 11) is 0. The van der Waals surface area contributed by atoms with Crippen LogP contribution in [-0.2, 0) is 16.1 Å². The van der Waals surface area contributed by atoms with E-state index in [1.807, 2.05) is 6.07 Å². The van der Waals surface area contributed by atoms with Crippen LogP contribution >= 0.6 is 15.9 Å². The SMILES string of the molecule is Cc1cc(OC(=O)COc2c(F)c(F)c(F)c(F)c2F)cc2c1C(=O)/C(=C/c1cc(Br)cc3c1OCOC3)O2. The normalized spacial score (nSPS) is 14.9. The zero-order valence-corrected chi connectivity index (χ0v) is 21.2. The maximum absolute atomic E-state index is 13.8. The smallest absolute Gasteiger partial charge is 0.349 e. The molecule has 2 aliphatic heterocycles. The Morgan fingerprint density at radius 1 is 1.03 bits per heavy atom. The number of benzene rings is 3. The average molecular weight is 613 g/mol. The Hall–Kier alpha value is -3.97. The summed E-state index contributed by atoms with van der Waals surface area (Å²) in [5, 5.41) is 0. The highest BCUT2D eigenvalue weighted by Gasteiger charge is 2.32. The molecule has 2 aliphatic rings. The first-order chi connectivity index (χ1) is 18.5. The zero-order valence-electron chi connectivity index (χ0n) is 19.6. The van der Waals surface area contributed by atoms with E-state index in [0.29, 0.717) is 23.5 Å². The minimum atomic E-state index is -2.36. The lowest BCUT2D eigenvalue weighted by molar-refractivity contribution is -0.136. The summed E-state index contributed by atoms with van der Waals surface area (Å²) in [6.07, 6.45) is 1.50. The Morgan fingerprint density at radius 2 is 1.72 bits per heavy atom. The lowest BCUT2D eigenvalue weighted by Crippen LogP contribution is -2.19. The van der Waals surface area contributed by atoms with Gasteiger partial charge in [0.25, 0.3) is 0 Å². The predicted molar refractivity (Wildman–Crippen MR) is 126 cm³/mol. The molecule has 0 bridgehead atoms. The van der Waals surface area contributed by atoms with Crippen LogP contribution in [0.25, 0.3) is 6.08 Å². The number of ketones is 1. The Morgan fingerprint density at radius 3 is 2.44 bits per heavy atom. The first-order valence-corrected chi connectivity index (χ1v) is 11.8. The number of ether oxygens (including phenoxy) is 5. The van der Waals surface area contributed by atoms with Crippen LogP contribution < -0.4 is 18.9 Å². The molecule has 0 atom stereocenters. The summed E-state index contributed by atoms with van der Waals surface area (Å²) in [4.78, 5) is 25.2. The van der Waals surface area contributed by atoms with Crippen LogP contribution in [0.2, 0.25) is 0 Å². The number of allylic oxidation sites excluding steroid dienone is 1. The molecule has 13 heteroatoms. The third kappa shape index (κ3) is 4.94. The number of hydrogen-bond acceptors (Lipinski definition) is 7. The molecule has 0 fully saturated rings. The molecule has 3 aromatic carbocycles. The summed E-state index contributed by atoms with van der Waals surface area (Å²) >= 11 is 3.40. The molecule has 7 nitrogen and oxygen atoms in total. The monoisotopic (exact) mass is 612 g/mol. The first kappa shape index (κ1) is 26.6. The van der Waals surface area contributed by atoms with Gasteiger partial charge in [0.05, 0.1) is 12.2 Å². The molecule has 2 heterocycles. The topological polar surface area (TPSA) is 80.3 Å². The van der Waals surface area contributed by atoms with E-state index >= 15 is 0 Å². The second-order valence-corrected chi connectivity index (χ2v) is 9.22. The van der Waals surface area contributed by atoms with Crippen LogP contribution in [0.5, 0.6) is 23.0 Å². The van der Waals surface area contributed by atoms with Crippen molar-refractivity contribution in [3.8, 4) is 23.0 Å². The van der Waals surface area contributed by atoms with Gasteiger partial charge in [-0.1, -0.05) is 15.9 Å². The molecule has 0 saturated carbocycles. The molecule has 0 amide bonds. The molecule has 0 radical (unpaired) electrons. The van der Waals surface area contributed by atoms with Crippen LogP contribution in [0.1, 0.15) is 27.0 Å². The maximum atomic E-state index is 13.8. The van der Waals surface area contributed by atoms with E-state index < -0.39 is 53.2 Å². The summed E-state index contributed by atoms with van der Waals surface area (Å²) in [5.41, 5.74) is 1.93. The molecular weight excluding hydrogens is 599 g/mol. The molecule has 202 valence electrons. The van der Waals surface area contributed by atoms with Crippen LogP contribution in [0, 0.1) is 36.0 Å². The van der Waals surface area contributed by atoms with Crippen LogP contribution in [-0.4, -0.2) is 25.2 Å². The fraction of sp³-hybridized carbons (Fsp3) is 0.154. The van der Waals surface area contributed by atoms with Gasteiger partial charge in [-0.3, -0.25) is 4.79 Å². The van der Waals surface area contributed by atoms with Gasteiger partial charge >= 0.3 is 5.97 Å². The van der Waals surface area contributed by atoms with Crippen molar-refractivity contribution < 1.29 is 55.2 Å². The zero-order chi connectivity index (χ0) is 28.0. The largest absolute Gasteiger partial charge is 0.476 e. The Labute approximate surface area is 224 Å². The minimum absolute atomic E-state index is 0.0263. The van der Waals surface area contributed by atoms with E-state index in [1.54, 1.807) is 13.0 Å². The summed E-state index contributed by atoms with van der Waals surface area (Å²) in [6, 6.07) is 6.13. The van der Waals surface area contributed by atoms with E-state index in [9.17, 15) is 31.5 Å². The van der Waals surface area contributed by atoms with Crippen molar-refractivity contribution in [1.82, 2.24) is 0 Å². The third-order valence-corrected chi connectivity index (χ3v) is 6.13. The highest BCUT2D eigenvalue weighted by Crippen LogP contribution is 2.40. The summed E-state index contributed by atoms with van der Waals surface area (Å²) in [6.45, 7) is 0.744. The van der Waals surface area contributed by atoms with Crippen molar-refractivity contribution in [2.45, 2.75) is 13.5 Å². The van der Waals surface area contributed by atoms with Crippen molar-refractivity contribution in [2.75, 3.05) is 13.4 Å². The van der Waals surface area contributed by atoms with Crippen LogP contribution in [0.15, 0.2) is 34.5 Å². The van der Waals surface area contributed by atoms with Gasteiger partial charge in [-0.15, -0.1) is 0 Å². The van der Waals surface area contributed by atoms with Gasteiger partial charge in [0.2, 0.25) is 34.9 Å². The van der Waals surface area contributed by atoms with E-state index in [1.165, 1.54) is 18.2 Å². The number of fused-ring (bicyclic) bond motifs is 2. The van der Waals surface area contributed by atoms with Crippen molar-refractivity contribution >= 4 is 33.8 Å². The molecule has 0 aromatic heterocycles. The molecule has 5 rings (SSSR count). The fourth-order valence-electron chi connectivity index (χ4n) is 4.00. The lowest BCUT2D eigenvalue weighted by atomic mass is 10.0. The molecule has 0 N–H and O–H groups in total. The summed E-state index contributed by atoms with van der Waals surface area (Å²) in [5.74, 6) is -14.1. The number of halogens is 6. The second kappa shape index (κ2) is 10.3. The number of carbonyl (C=O) groups is 2. The van der Waals surface area contributed by atoms with E-state index in [0.717, 1.165) is 10.0 Å². The molecular formula is C26H14BrF5O7. The van der Waals surface area contributed by atoms with Gasteiger partial charge in [-0.05, 0) is 36.8 Å². The standard InChI is InChI=1S/C26H14BrF5O7/c1-10-2-14(38-17(33)8-36-26-22(31)20(29)19(28)21(30)23(26)32)6-15-18(10)24(34)16(39-15)5-11-3-13(27)4-12-7-35-9-37-25(11)12/h2-6H,7-9H2,1H3/b16-5-. The van der Waals surface area contributed by atoms with Crippen molar-refractivity contribution in [3.05, 3.63) is 85.8 Å². The number of Topliss-reactive ketones (excluding diaryl/α,β-unsaturated/α-hetero) is 1. The van der Waals surface area contributed by atoms with Crippen molar-refractivity contribution in [1.29, 1.82) is 0 Å². The fourth-order valence-corrected chi connectivity index (χ4v) is 4.52. The Kier molecular flexibility index (Phi) is 7.03. The highest BCUT2D eigenvalue weighted by molar-refractivity contribution is 9.10. The molecule has 39 heavy (non-hydrogen) atoms. The van der Waals surface area contributed by atoms with Gasteiger partial charge in [0, 0.05) is 21.7 Å². The summed E-state index contributed by atoms with van der Waals surface area (Å²) < 4.78 is 94.2. The highest BCUT2D eigenvalue weighted by atomic mass is 79.9. The molecule has 0 spiro atoms. The Bertz CT molecular complexity index is 1560. The van der Waals surface area contributed by atoms with E-state index in [-0.39, 0.29) is 29.6 Å². The molecule has 3 aromatic rings. The average Bonchev–Trinajstić information content (AvgIpc) is 3.21. The maximum Gasteiger partial charge on any atom is 0.349 e. The van der Waals surface area contributed by atoms with Gasteiger partial charge in [-0.2, -0.15) is 8.78 Å². The number of rotatable bonds is 5. The molecule has 0 aliphatic carbocycles. The van der Waals surface area contributed by atoms with E-state index in [2.05, 4.69) is 20.7 Å². The molecule has 0 saturated heterocycles. The first-order valence-electron chi connectivity index (χ1n) is 11.0. The van der Waals surface area contributed by atoms with Gasteiger partial charge in [0.15, 0.2) is 24.9 Å². The second-order valence-electron chi connectivity index (χ2n) is 8.31. The van der Waals surface area contributed by atoms with Crippen molar-refractivity contribution in [3.63, 3.8) is 0 Å². The number of aryl methyl sites for hydroxylation is 1. The Balaban J connectivity index is 1.34. The number of hydrogen-bond donors (Lipinski definition) is 0. The number of esters is 1. The number of carbonyl (C=O) groups excluding carboxylic acids is 2. The minimum Gasteiger partial charge on any atom is -0.476 e. The van der Waals surface area contributed by atoms with Gasteiger partial charge < -0.3 is 23.7 Å². The van der Waals surface area contributed by atoms with Crippen LogP contribution in [0.3, 0.4) is 0 Å². The van der Waals surface area contributed by atoms with Crippen molar-refractivity contribution in [2.24, 2.45) is 0 Å². The quantitative estimate of drug-likeness (QED) is 0.0883. The van der Waals surface area contributed by atoms with Gasteiger partial charge in [-0.25, -0.2) is 18.0 Å². The third-order valence-electron chi connectivity index (χ3n) is 5.67. The van der Waals surface area contributed by atoms with Gasteiger partial charge in [0.1, 0.15) is 17.2 Å². The van der Waals surface area contributed by atoms with E-state index in [4.69, 9.17) is 18.9 Å².